The van der Waals surface area contributed by atoms with Gasteiger partial charge in [-0.3, -0.25) is 19.7 Å². The quantitative estimate of drug-likeness (QED) is 0.172. The van der Waals surface area contributed by atoms with Crippen molar-refractivity contribution < 1.29 is 24.3 Å². The Morgan fingerprint density at radius 3 is 2.57 bits per heavy atom. The summed E-state index contributed by atoms with van der Waals surface area (Å²) in [6.45, 7) is 4.78. The third-order valence-electron chi connectivity index (χ3n) is 5.31. The molecule has 1 aliphatic rings. The van der Waals surface area contributed by atoms with Gasteiger partial charge in [-0.2, -0.15) is 0 Å². The lowest BCUT2D eigenvalue weighted by molar-refractivity contribution is 0.0338. The molecule has 11 heteroatoms. The summed E-state index contributed by atoms with van der Waals surface area (Å²) < 4.78 is 11.1. The molecule has 0 radical (unpaired) electrons. The summed E-state index contributed by atoms with van der Waals surface area (Å²) in [5.41, 5.74) is 6.11. The molecule has 0 atom stereocenters. The molecule has 0 unspecified atom stereocenters. The molecule has 0 saturated carbocycles. The van der Waals surface area contributed by atoms with Crippen LogP contribution in [0.3, 0.4) is 0 Å². The van der Waals surface area contributed by atoms with E-state index < -0.39 is 5.24 Å². The fourth-order valence-electron chi connectivity index (χ4n) is 3.53. The van der Waals surface area contributed by atoms with Crippen LogP contribution in [0.5, 0.6) is 5.75 Å². The molecule has 3 N–H and O–H groups in total. The Labute approximate surface area is 211 Å². The van der Waals surface area contributed by atoms with E-state index in [1.807, 2.05) is 29.8 Å². The van der Waals surface area contributed by atoms with Crippen LogP contribution in [-0.4, -0.2) is 65.7 Å². The number of nitrogens with one attached hydrogen (secondary N) is 2. The van der Waals surface area contributed by atoms with Crippen LogP contribution in [0.2, 0.25) is 0 Å². The van der Waals surface area contributed by atoms with E-state index in [0.717, 1.165) is 60.7 Å². The van der Waals surface area contributed by atoms with Crippen LogP contribution >= 0.6 is 23.1 Å². The van der Waals surface area contributed by atoms with Crippen LogP contribution < -0.4 is 15.5 Å². The van der Waals surface area contributed by atoms with Crippen molar-refractivity contribution in [2.75, 3.05) is 39.5 Å². The molecule has 2 heterocycles. The van der Waals surface area contributed by atoms with Crippen molar-refractivity contribution in [2.45, 2.75) is 11.4 Å². The number of rotatable bonds is 9. The van der Waals surface area contributed by atoms with E-state index >= 15 is 0 Å². The monoisotopic (exact) mass is 514 g/mol. The van der Waals surface area contributed by atoms with Crippen molar-refractivity contribution in [1.82, 2.24) is 20.7 Å². The number of ether oxygens (including phenoxy) is 2. The largest absolute Gasteiger partial charge is 0.492 e. The van der Waals surface area contributed by atoms with Gasteiger partial charge in [-0.25, -0.2) is 10.5 Å². The third-order valence-corrected chi connectivity index (χ3v) is 7.01. The summed E-state index contributed by atoms with van der Waals surface area (Å²) in [4.78, 5) is 32.3. The number of hydrogen-bond acceptors (Lipinski definition) is 9. The summed E-state index contributed by atoms with van der Waals surface area (Å²) in [6.07, 6.45) is 0. The maximum Gasteiger partial charge on any atom is 0.307 e. The molecular weight excluding hydrogens is 488 g/mol. The van der Waals surface area contributed by atoms with Gasteiger partial charge in [-0.15, -0.1) is 11.3 Å². The first-order valence-electron chi connectivity index (χ1n) is 11.1. The molecule has 0 spiro atoms. The van der Waals surface area contributed by atoms with Gasteiger partial charge in [-0.05, 0) is 53.7 Å². The number of carbonyl (C=O) groups excluding carboxylic acids is 2. The van der Waals surface area contributed by atoms with E-state index in [-0.39, 0.29) is 5.91 Å². The van der Waals surface area contributed by atoms with E-state index in [4.69, 9.17) is 14.7 Å². The number of amides is 2. The van der Waals surface area contributed by atoms with Crippen LogP contribution in [0.15, 0.2) is 58.9 Å². The molecule has 0 aliphatic carbocycles. The van der Waals surface area contributed by atoms with E-state index in [0.29, 0.717) is 29.4 Å². The number of nitrogens with zero attached hydrogens (tertiary/aromatic N) is 2. The SMILES string of the molecule is O=C(NO)Sc1ccc(OCCNC(=O)c2ccc(-c3scnc3CN3CCOCC3)cc2)cc1. The van der Waals surface area contributed by atoms with E-state index in [1.54, 1.807) is 41.1 Å². The summed E-state index contributed by atoms with van der Waals surface area (Å²) in [5.74, 6) is 0.453. The standard InChI is InChI=1S/C24H26N4O5S2/c29-23(25-9-12-33-19-5-7-20(8-6-19)35-24(30)27-31)18-3-1-17(2-4-18)22-21(26-16-34-22)15-28-10-13-32-14-11-28/h1-8,16,31H,9-15H2,(H,25,29)(H,27,30). The minimum Gasteiger partial charge on any atom is -0.492 e. The van der Waals surface area contributed by atoms with Gasteiger partial charge < -0.3 is 14.8 Å². The fourth-order valence-corrected chi connectivity index (χ4v) is 4.87. The van der Waals surface area contributed by atoms with Gasteiger partial charge in [-0.1, -0.05) is 12.1 Å². The average Bonchev–Trinajstić information content (AvgIpc) is 3.36. The maximum absolute atomic E-state index is 12.5. The highest BCUT2D eigenvalue weighted by Crippen LogP contribution is 2.29. The predicted octanol–water partition coefficient (Wildman–Crippen LogP) is 3.64. The summed E-state index contributed by atoms with van der Waals surface area (Å²) in [7, 11) is 0. The molecule has 1 aliphatic heterocycles. The van der Waals surface area contributed by atoms with Crippen molar-refractivity contribution in [3.05, 3.63) is 65.3 Å². The van der Waals surface area contributed by atoms with Crippen LogP contribution in [0.4, 0.5) is 4.79 Å². The zero-order valence-corrected chi connectivity index (χ0v) is 20.6. The van der Waals surface area contributed by atoms with Gasteiger partial charge in [0, 0.05) is 30.1 Å². The van der Waals surface area contributed by atoms with Gasteiger partial charge in [0.25, 0.3) is 5.91 Å². The molecular formula is C24H26N4O5S2. The predicted molar refractivity (Wildman–Crippen MR) is 134 cm³/mol. The molecule has 1 aromatic heterocycles. The smallest absolute Gasteiger partial charge is 0.307 e. The van der Waals surface area contributed by atoms with Gasteiger partial charge >= 0.3 is 5.24 Å². The molecule has 2 amide bonds. The summed E-state index contributed by atoms with van der Waals surface area (Å²) in [5, 5.41) is 10.9. The molecule has 0 bridgehead atoms. The molecule has 1 saturated heterocycles. The highest BCUT2D eigenvalue weighted by molar-refractivity contribution is 8.13. The minimum atomic E-state index is -0.560. The highest BCUT2D eigenvalue weighted by Gasteiger charge is 2.16. The second-order valence-corrected chi connectivity index (χ2v) is 9.57. The molecule has 184 valence electrons. The number of hydroxylamine groups is 1. The lowest BCUT2D eigenvalue weighted by atomic mass is 10.1. The number of benzene rings is 2. The average molecular weight is 515 g/mol. The number of hydrogen-bond donors (Lipinski definition) is 3. The maximum atomic E-state index is 12.5. The third kappa shape index (κ3) is 7.26. The normalized spacial score (nSPS) is 13.9. The Morgan fingerprint density at radius 2 is 1.86 bits per heavy atom. The van der Waals surface area contributed by atoms with Gasteiger partial charge in [0.15, 0.2) is 0 Å². The second kappa shape index (κ2) is 12.7. The molecule has 3 aromatic rings. The minimum absolute atomic E-state index is 0.167. The summed E-state index contributed by atoms with van der Waals surface area (Å²) >= 11 is 2.48. The number of morpholine rings is 1. The first-order chi connectivity index (χ1) is 17.1. The number of aromatic nitrogens is 1. The van der Waals surface area contributed by atoms with Crippen molar-refractivity contribution in [1.29, 1.82) is 0 Å². The topological polar surface area (TPSA) is 113 Å². The van der Waals surface area contributed by atoms with Crippen LogP contribution in [0.1, 0.15) is 16.1 Å². The molecule has 9 nitrogen and oxygen atoms in total. The van der Waals surface area contributed by atoms with Crippen LogP contribution in [0.25, 0.3) is 10.4 Å². The van der Waals surface area contributed by atoms with Gasteiger partial charge in [0.05, 0.1) is 35.8 Å². The first-order valence-corrected chi connectivity index (χ1v) is 12.8. The Kier molecular flexibility index (Phi) is 9.09. The van der Waals surface area contributed by atoms with Gasteiger partial charge in [0.1, 0.15) is 12.4 Å². The highest BCUT2D eigenvalue weighted by atomic mass is 32.2. The van der Waals surface area contributed by atoms with E-state index in [1.165, 1.54) is 0 Å². The zero-order valence-electron chi connectivity index (χ0n) is 18.9. The lowest BCUT2D eigenvalue weighted by Crippen LogP contribution is -2.35. The first kappa shape index (κ1) is 25.1. The molecule has 2 aromatic carbocycles. The van der Waals surface area contributed by atoms with Crippen molar-refractivity contribution in [3.63, 3.8) is 0 Å². The van der Waals surface area contributed by atoms with Crippen LogP contribution in [0, 0.1) is 0 Å². The fraction of sp³-hybridized carbons (Fsp3) is 0.292. The second-order valence-electron chi connectivity index (χ2n) is 7.67. The van der Waals surface area contributed by atoms with E-state index in [9.17, 15) is 9.59 Å². The van der Waals surface area contributed by atoms with E-state index in [2.05, 4.69) is 15.2 Å². The van der Waals surface area contributed by atoms with Crippen molar-refractivity contribution in [3.8, 4) is 16.2 Å². The summed E-state index contributed by atoms with van der Waals surface area (Å²) in [6, 6.07) is 14.4. The number of thioether (sulfide) groups is 1. The van der Waals surface area contributed by atoms with Crippen LogP contribution in [-0.2, 0) is 11.3 Å². The Bertz CT molecular complexity index is 1120. The number of thiazole rings is 1. The Hall–Kier alpha value is -2.96. The zero-order chi connectivity index (χ0) is 24.5. The van der Waals surface area contributed by atoms with Crippen molar-refractivity contribution in [2.24, 2.45) is 0 Å². The molecule has 1 fully saturated rings. The van der Waals surface area contributed by atoms with Crippen molar-refractivity contribution >= 4 is 34.2 Å². The van der Waals surface area contributed by atoms with Gasteiger partial charge in [0.2, 0.25) is 0 Å². The molecule has 4 rings (SSSR count). The molecule has 35 heavy (non-hydrogen) atoms. The Morgan fingerprint density at radius 1 is 1.11 bits per heavy atom. The Balaban J connectivity index is 1.24. The number of carbonyl (C=O) groups is 2. The lowest BCUT2D eigenvalue weighted by Gasteiger charge is -2.26.